The number of anilines is 1. The van der Waals surface area contributed by atoms with Crippen molar-refractivity contribution >= 4 is 28.9 Å². The van der Waals surface area contributed by atoms with Gasteiger partial charge >= 0.3 is 65.1 Å². The Balaban J connectivity index is 0. The largest absolute Gasteiger partial charge is 1.00 e. The van der Waals surface area contributed by atoms with Crippen LogP contribution in [0, 0.1) is 17.5 Å². The van der Waals surface area contributed by atoms with Crippen molar-refractivity contribution in [3.05, 3.63) is 41.1 Å². The smallest absolute Gasteiger partial charge is 0.883 e. The molecule has 1 aromatic rings. The first kappa shape index (κ1) is 23.0. The fourth-order valence-electron chi connectivity index (χ4n) is 1.08. The minimum Gasteiger partial charge on any atom is -0.883 e. The van der Waals surface area contributed by atoms with Crippen molar-refractivity contribution in [1.82, 2.24) is 0 Å². The molecular weight excluding hydrogens is 333 g/mol. The van der Waals surface area contributed by atoms with Gasteiger partial charge in [-0.05, 0) is 12.1 Å². The number of rotatable bonds is 3. The average Bonchev–Trinajstić information content (AvgIpc) is 2.29. The van der Waals surface area contributed by atoms with Crippen molar-refractivity contribution in [3.8, 4) is 0 Å². The molecule has 1 rings (SSSR count). The molecule has 11 heteroatoms. The van der Waals surface area contributed by atoms with E-state index in [1.165, 1.54) is 0 Å². The first-order valence-corrected chi connectivity index (χ1v) is 4.93. The Morgan fingerprint density at radius 3 is 2.10 bits per heavy atom. The second-order valence-electron chi connectivity index (χ2n) is 3.14. The van der Waals surface area contributed by atoms with E-state index in [4.69, 9.17) is 5.11 Å². The maximum Gasteiger partial charge on any atom is 1.00 e. The number of hydrogen-bond donors (Lipinski definition) is 2. The van der Waals surface area contributed by atoms with Crippen molar-refractivity contribution in [2.45, 2.75) is 0 Å². The number of thiocarbonyl (C=S) groups is 1. The summed E-state index contributed by atoms with van der Waals surface area (Å²) in [4.78, 5) is 9.66. The summed E-state index contributed by atoms with van der Waals surface area (Å²) in [5, 5.41) is 31.4. The summed E-state index contributed by atoms with van der Waals surface area (Å²) in [6.45, 7) is 0. The van der Waals surface area contributed by atoms with E-state index >= 15 is 0 Å². The molecule has 0 aliphatic rings. The first-order chi connectivity index (χ1) is 8.75. The van der Waals surface area contributed by atoms with Crippen LogP contribution in [0.4, 0.5) is 18.9 Å². The third kappa shape index (κ3) is 5.78. The van der Waals surface area contributed by atoms with E-state index < -0.39 is 45.6 Å². The Bertz CT molecular complexity index is 594. The molecule has 21 heavy (non-hydrogen) atoms. The average molecular weight is 337 g/mol. The third-order valence-corrected chi connectivity index (χ3v) is 2.23. The van der Waals surface area contributed by atoms with Gasteiger partial charge < -0.3 is 20.6 Å². The predicted octanol–water partition coefficient (Wildman–Crippen LogP) is -6.13. The van der Waals surface area contributed by atoms with Crippen LogP contribution in [0.1, 0.15) is 0 Å². The second kappa shape index (κ2) is 9.67. The molecule has 0 fully saturated rings. The number of carbonyl (C=O) groups is 1. The Hall–Kier alpha value is -0.290. The third-order valence-electron chi connectivity index (χ3n) is 1.93. The minimum atomic E-state index is -2.10. The normalized spacial score (nSPS) is 8.90. The number of halogens is 3. The Labute approximate surface area is 166 Å². The number of benzene rings is 1. The molecule has 0 unspecified atom stereocenters. The molecule has 102 valence electrons. The van der Waals surface area contributed by atoms with Gasteiger partial charge in [-0.1, -0.05) is 12.2 Å². The van der Waals surface area contributed by atoms with Crippen LogP contribution in [0.5, 0.6) is 0 Å². The van der Waals surface area contributed by atoms with Gasteiger partial charge in [-0.3, -0.25) is 0 Å². The Morgan fingerprint density at radius 2 is 1.67 bits per heavy atom. The van der Waals surface area contributed by atoms with Crippen LogP contribution in [0.15, 0.2) is 23.7 Å². The number of carboxylic acids is 1. The summed E-state index contributed by atoms with van der Waals surface area (Å²) in [7, 11) is 0. The number of carboxylic acid groups (broad SMARTS) is 1. The van der Waals surface area contributed by atoms with Crippen molar-refractivity contribution < 1.29 is 92.4 Å². The number of aliphatic carboxylic acids is 1. The predicted molar refractivity (Wildman–Crippen MR) is 57.2 cm³/mol. The van der Waals surface area contributed by atoms with E-state index in [0.29, 0.717) is 6.07 Å². The Morgan fingerprint density at radius 1 is 1.14 bits per heavy atom. The number of nitrogens with one attached hydrogen (secondary N) is 1. The maximum absolute atomic E-state index is 13.2. The second-order valence-corrected chi connectivity index (χ2v) is 3.55. The topological polar surface area (TPSA) is 95.5 Å². The van der Waals surface area contributed by atoms with Crippen LogP contribution in [0.25, 0.3) is 0 Å². The monoisotopic (exact) mass is 337 g/mol. The molecule has 0 aromatic heterocycles. The summed E-state index contributed by atoms with van der Waals surface area (Å²) in [6.07, 6.45) is 0. The summed E-state index contributed by atoms with van der Waals surface area (Å²) >= 11 is 4.41. The van der Waals surface area contributed by atoms with Gasteiger partial charge in [0.25, 0.3) is 0 Å². The zero-order chi connectivity index (χ0) is 14.7. The van der Waals surface area contributed by atoms with Crippen molar-refractivity contribution in [1.29, 1.82) is 0 Å². The van der Waals surface area contributed by atoms with Gasteiger partial charge in [0.1, 0.15) is 4.99 Å². The van der Waals surface area contributed by atoms with Crippen LogP contribution in [0.3, 0.4) is 0 Å². The molecule has 0 atom stereocenters. The number of hydrogen-bond acceptors (Lipinski definition) is 4. The molecule has 0 saturated heterocycles. The van der Waals surface area contributed by atoms with E-state index in [1.807, 2.05) is 5.32 Å². The molecule has 0 radical (unpaired) electrons. The zero-order valence-corrected chi connectivity index (χ0v) is 15.7. The van der Waals surface area contributed by atoms with E-state index in [0.717, 1.165) is 6.07 Å². The van der Waals surface area contributed by atoms with Crippen LogP contribution in [-0.4, -0.2) is 16.1 Å². The molecule has 0 aliphatic heterocycles. The molecule has 0 aliphatic carbocycles. The SMILES string of the molecule is O=C(O)C(C(=S)Nc1ccc(F)c(F)c1F)=C([O-])[O-].[Na+].[Na+]. The molecular formula is C10H4F3NNa2O4S. The van der Waals surface area contributed by atoms with E-state index in [9.17, 15) is 28.2 Å². The van der Waals surface area contributed by atoms with Crippen LogP contribution >= 0.6 is 12.2 Å². The Kier molecular flexibility index (Phi) is 10.6. The van der Waals surface area contributed by atoms with Crippen molar-refractivity contribution in [2.24, 2.45) is 0 Å². The quantitative estimate of drug-likeness (QED) is 0.187. The van der Waals surface area contributed by atoms with Crippen LogP contribution in [-0.2, 0) is 4.79 Å². The first-order valence-electron chi connectivity index (χ1n) is 4.52. The maximum atomic E-state index is 13.2. The van der Waals surface area contributed by atoms with Gasteiger partial charge in [0.05, 0.1) is 11.3 Å². The molecule has 0 heterocycles. The summed E-state index contributed by atoms with van der Waals surface area (Å²) in [5.74, 6) is -8.95. The fraction of sp³-hybridized carbons (Fsp3) is 0. The molecule has 5 nitrogen and oxygen atoms in total. The van der Waals surface area contributed by atoms with Gasteiger partial charge in [0.2, 0.25) is 0 Å². The van der Waals surface area contributed by atoms with Gasteiger partial charge in [-0.15, -0.1) is 0 Å². The van der Waals surface area contributed by atoms with Gasteiger partial charge in [-0.25, -0.2) is 18.0 Å². The minimum absolute atomic E-state index is 0. The molecule has 0 amide bonds. The molecule has 0 spiro atoms. The molecule has 0 saturated carbocycles. The molecule has 2 N–H and O–H groups in total. The van der Waals surface area contributed by atoms with Gasteiger partial charge in [0, 0.05) is 0 Å². The summed E-state index contributed by atoms with van der Waals surface area (Å²) < 4.78 is 38.7. The molecule has 1 aromatic carbocycles. The summed E-state index contributed by atoms with van der Waals surface area (Å²) in [6, 6.07) is 1.29. The summed E-state index contributed by atoms with van der Waals surface area (Å²) in [5.41, 5.74) is -2.04. The van der Waals surface area contributed by atoms with E-state index in [-0.39, 0.29) is 59.1 Å². The van der Waals surface area contributed by atoms with Crippen LogP contribution in [0.2, 0.25) is 0 Å². The van der Waals surface area contributed by atoms with Crippen molar-refractivity contribution in [3.63, 3.8) is 0 Å². The van der Waals surface area contributed by atoms with E-state index in [1.54, 1.807) is 0 Å². The van der Waals surface area contributed by atoms with Gasteiger partial charge in [-0.2, -0.15) is 5.95 Å². The fourth-order valence-corrected chi connectivity index (χ4v) is 1.36. The van der Waals surface area contributed by atoms with Crippen LogP contribution < -0.4 is 74.6 Å². The standard InChI is InChI=1S/C10H6F3NO4S.2Na/c11-3-1-2-4(7(13)6(3)12)14-8(19)5(9(15)16)10(17)18;;/h1-2,15-16H,(H,14,19)(H,17,18);;/q;2*+1/p-2. The van der Waals surface area contributed by atoms with Gasteiger partial charge in [0.15, 0.2) is 17.5 Å². The molecule has 0 bridgehead atoms. The van der Waals surface area contributed by atoms with E-state index in [2.05, 4.69) is 12.2 Å². The zero-order valence-electron chi connectivity index (χ0n) is 10.9. The van der Waals surface area contributed by atoms with Crippen molar-refractivity contribution in [2.75, 3.05) is 5.32 Å².